The maximum Gasteiger partial charge on any atom is 0.303 e. The Labute approximate surface area is 146 Å². The minimum atomic E-state index is -0.997. The van der Waals surface area contributed by atoms with E-state index in [4.69, 9.17) is 14.6 Å². The summed E-state index contributed by atoms with van der Waals surface area (Å²) in [5.74, 6) is -0.178. The SMILES string of the molecule is COc1cccc(CNC(=O)CCC(=O)O)c1OCc1ccccc1. The number of hydrogen-bond acceptors (Lipinski definition) is 4. The quantitative estimate of drug-likeness (QED) is 0.731. The number of carbonyl (C=O) groups is 2. The van der Waals surface area contributed by atoms with Gasteiger partial charge in [-0.2, -0.15) is 0 Å². The Morgan fingerprint density at radius 1 is 1.04 bits per heavy atom. The molecule has 0 atom stereocenters. The Kier molecular flexibility index (Phi) is 6.83. The Morgan fingerprint density at radius 2 is 1.80 bits per heavy atom. The summed E-state index contributed by atoms with van der Waals surface area (Å²) in [6, 6.07) is 15.2. The van der Waals surface area contributed by atoms with Gasteiger partial charge in [-0.1, -0.05) is 42.5 Å². The molecule has 2 N–H and O–H groups in total. The first kappa shape index (κ1) is 18.3. The summed E-state index contributed by atoms with van der Waals surface area (Å²) in [6.45, 7) is 0.612. The number of para-hydroxylation sites is 1. The highest BCUT2D eigenvalue weighted by Gasteiger charge is 2.12. The molecule has 0 fully saturated rings. The van der Waals surface area contributed by atoms with E-state index < -0.39 is 5.97 Å². The lowest BCUT2D eigenvalue weighted by molar-refractivity contribution is -0.138. The third-order valence-corrected chi connectivity index (χ3v) is 3.55. The Balaban J connectivity index is 2.04. The standard InChI is InChI=1S/C19H21NO5/c1-24-16-9-5-8-15(12-20-17(21)10-11-18(22)23)19(16)25-13-14-6-3-2-4-7-14/h2-9H,10-13H2,1H3,(H,20,21)(H,22,23). The maximum atomic E-state index is 11.7. The van der Waals surface area contributed by atoms with E-state index in [2.05, 4.69) is 5.32 Å². The number of aliphatic carboxylic acids is 1. The first-order chi connectivity index (χ1) is 12.1. The fourth-order valence-corrected chi connectivity index (χ4v) is 2.26. The zero-order chi connectivity index (χ0) is 18.1. The van der Waals surface area contributed by atoms with Crippen LogP contribution in [0.15, 0.2) is 48.5 Å². The molecule has 0 aliphatic rings. The smallest absolute Gasteiger partial charge is 0.303 e. The van der Waals surface area contributed by atoms with E-state index in [0.717, 1.165) is 11.1 Å². The van der Waals surface area contributed by atoms with Crippen LogP contribution in [0.2, 0.25) is 0 Å². The van der Waals surface area contributed by atoms with Crippen molar-refractivity contribution in [3.63, 3.8) is 0 Å². The number of methoxy groups -OCH3 is 1. The van der Waals surface area contributed by atoms with E-state index in [1.165, 1.54) is 0 Å². The van der Waals surface area contributed by atoms with E-state index in [1.807, 2.05) is 42.5 Å². The van der Waals surface area contributed by atoms with E-state index in [-0.39, 0.29) is 25.3 Å². The van der Waals surface area contributed by atoms with Gasteiger partial charge in [0.1, 0.15) is 6.61 Å². The van der Waals surface area contributed by atoms with Crippen LogP contribution in [0.1, 0.15) is 24.0 Å². The zero-order valence-electron chi connectivity index (χ0n) is 14.0. The molecule has 0 saturated carbocycles. The summed E-state index contributed by atoms with van der Waals surface area (Å²) < 4.78 is 11.3. The van der Waals surface area contributed by atoms with E-state index in [9.17, 15) is 9.59 Å². The average Bonchev–Trinajstić information content (AvgIpc) is 2.63. The van der Waals surface area contributed by atoms with Crippen molar-refractivity contribution in [2.75, 3.05) is 7.11 Å². The van der Waals surface area contributed by atoms with Gasteiger partial charge in [0.15, 0.2) is 11.5 Å². The van der Waals surface area contributed by atoms with Gasteiger partial charge in [0.05, 0.1) is 13.5 Å². The molecule has 2 aromatic carbocycles. The number of carboxylic acid groups (broad SMARTS) is 1. The Hall–Kier alpha value is -3.02. The van der Waals surface area contributed by atoms with Crippen molar-refractivity contribution in [2.24, 2.45) is 0 Å². The molecule has 132 valence electrons. The minimum absolute atomic E-state index is 0.0560. The predicted octanol–water partition coefficient (Wildman–Crippen LogP) is 2.76. The minimum Gasteiger partial charge on any atom is -0.493 e. The largest absolute Gasteiger partial charge is 0.493 e. The van der Waals surface area contributed by atoms with Crippen molar-refractivity contribution in [1.29, 1.82) is 0 Å². The molecule has 1 amide bonds. The molecule has 6 heteroatoms. The van der Waals surface area contributed by atoms with Gasteiger partial charge in [0.25, 0.3) is 0 Å². The fraction of sp³-hybridized carbons (Fsp3) is 0.263. The van der Waals surface area contributed by atoms with Crippen LogP contribution < -0.4 is 14.8 Å². The molecule has 0 heterocycles. The second kappa shape index (κ2) is 9.32. The molecule has 2 aromatic rings. The Morgan fingerprint density at radius 3 is 2.48 bits per heavy atom. The summed E-state index contributed by atoms with van der Waals surface area (Å²) in [7, 11) is 1.56. The number of amides is 1. The van der Waals surface area contributed by atoms with E-state index >= 15 is 0 Å². The summed E-state index contributed by atoms with van der Waals surface area (Å²) in [5, 5.41) is 11.3. The monoisotopic (exact) mass is 343 g/mol. The molecule has 0 saturated heterocycles. The molecule has 0 radical (unpaired) electrons. The zero-order valence-corrected chi connectivity index (χ0v) is 14.0. The second-order valence-electron chi connectivity index (χ2n) is 5.39. The third-order valence-electron chi connectivity index (χ3n) is 3.55. The lowest BCUT2D eigenvalue weighted by Crippen LogP contribution is -2.23. The molecule has 0 unspecified atom stereocenters. The molecule has 0 aliphatic carbocycles. The lowest BCUT2D eigenvalue weighted by atomic mass is 10.1. The number of hydrogen-bond donors (Lipinski definition) is 2. The van der Waals surface area contributed by atoms with Crippen LogP contribution in [0.25, 0.3) is 0 Å². The van der Waals surface area contributed by atoms with Crippen LogP contribution in [0.5, 0.6) is 11.5 Å². The molecular weight excluding hydrogens is 322 g/mol. The molecular formula is C19H21NO5. The second-order valence-corrected chi connectivity index (χ2v) is 5.39. The highest BCUT2D eigenvalue weighted by Crippen LogP contribution is 2.31. The van der Waals surface area contributed by atoms with Crippen LogP contribution in [0.3, 0.4) is 0 Å². The Bertz CT molecular complexity index is 715. The van der Waals surface area contributed by atoms with Gasteiger partial charge in [-0.25, -0.2) is 0 Å². The number of nitrogens with one attached hydrogen (secondary N) is 1. The topological polar surface area (TPSA) is 84.9 Å². The molecule has 2 rings (SSSR count). The van der Waals surface area contributed by atoms with Crippen LogP contribution in [0, 0.1) is 0 Å². The number of carboxylic acids is 1. The van der Waals surface area contributed by atoms with Crippen molar-refractivity contribution >= 4 is 11.9 Å². The van der Waals surface area contributed by atoms with Crippen LogP contribution in [-0.4, -0.2) is 24.1 Å². The van der Waals surface area contributed by atoms with Crippen molar-refractivity contribution in [3.8, 4) is 11.5 Å². The fourth-order valence-electron chi connectivity index (χ4n) is 2.26. The van der Waals surface area contributed by atoms with Gasteiger partial charge in [-0.3, -0.25) is 9.59 Å². The van der Waals surface area contributed by atoms with Gasteiger partial charge in [-0.15, -0.1) is 0 Å². The van der Waals surface area contributed by atoms with Crippen LogP contribution in [0.4, 0.5) is 0 Å². The molecule has 0 spiro atoms. The van der Waals surface area contributed by atoms with Crippen LogP contribution in [-0.2, 0) is 22.7 Å². The van der Waals surface area contributed by atoms with Gasteiger partial charge >= 0.3 is 5.97 Å². The van der Waals surface area contributed by atoms with Crippen molar-refractivity contribution < 1.29 is 24.2 Å². The van der Waals surface area contributed by atoms with Gasteiger partial charge < -0.3 is 19.9 Å². The first-order valence-corrected chi connectivity index (χ1v) is 7.91. The highest BCUT2D eigenvalue weighted by atomic mass is 16.5. The molecule has 25 heavy (non-hydrogen) atoms. The first-order valence-electron chi connectivity index (χ1n) is 7.91. The van der Waals surface area contributed by atoms with Gasteiger partial charge in [0.2, 0.25) is 5.91 Å². The lowest BCUT2D eigenvalue weighted by Gasteiger charge is -2.15. The van der Waals surface area contributed by atoms with Crippen molar-refractivity contribution in [2.45, 2.75) is 26.0 Å². The number of carbonyl (C=O) groups excluding carboxylic acids is 1. The van der Waals surface area contributed by atoms with Crippen LogP contribution >= 0.6 is 0 Å². The maximum absolute atomic E-state index is 11.7. The van der Waals surface area contributed by atoms with Crippen molar-refractivity contribution in [1.82, 2.24) is 5.32 Å². The summed E-state index contributed by atoms with van der Waals surface area (Å²) in [5.41, 5.74) is 1.78. The number of rotatable bonds is 9. The predicted molar refractivity (Wildman–Crippen MR) is 92.5 cm³/mol. The average molecular weight is 343 g/mol. The normalized spacial score (nSPS) is 10.1. The summed E-state index contributed by atoms with van der Waals surface area (Å²) >= 11 is 0. The summed E-state index contributed by atoms with van der Waals surface area (Å²) in [6.07, 6.45) is -0.249. The summed E-state index contributed by atoms with van der Waals surface area (Å²) in [4.78, 5) is 22.2. The van der Waals surface area contributed by atoms with Gasteiger partial charge in [-0.05, 0) is 11.6 Å². The number of benzene rings is 2. The third kappa shape index (κ3) is 5.84. The van der Waals surface area contributed by atoms with Gasteiger partial charge in [0, 0.05) is 18.5 Å². The highest BCUT2D eigenvalue weighted by molar-refractivity contribution is 5.80. The number of ether oxygens (including phenoxy) is 2. The van der Waals surface area contributed by atoms with Crippen molar-refractivity contribution in [3.05, 3.63) is 59.7 Å². The molecule has 0 aliphatic heterocycles. The van der Waals surface area contributed by atoms with E-state index in [1.54, 1.807) is 13.2 Å². The molecule has 6 nitrogen and oxygen atoms in total. The molecule has 0 aromatic heterocycles. The van der Waals surface area contributed by atoms with E-state index in [0.29, 0.717) is 18.1 Å². The molecule has 0 bridgehead atoms.